The van der Waals surface area contributed by atoms with Crippen molar-refractivity contribution < 1.29 is 0 Å². The summed E-state index contributed by atoms with van der Waals surface area (Å²) in [6, 6.07) is 71.4. The normalized spacial score (nSPS) is 11.9. The second-order valence-electron chi connectivity index (χ2n) is 15.6. The van der Waals surface area contributed by atoms with E-state index in [9.17, 15) is 0 Å². The predicted octanol–water partition coefficient (Wildman–Crippen LogP) is 14.6. The van der Waals surface area contributed by atoms with Crippen molar-refractivity contribution >= 4 is 85.9 Å². The minimum atomic E-state index is 0.654. The van der Waals surface area contributed by atoms with Gasteiger partial charge in [0.1, 0.15) is 0 Å². The molecule has 6 heteroatoms. The van der Waals surface area contributed by atoms with Crippen LogP contribution in [0.25, 0.3) is 120 Å². The van der Waals surface area contributed by atoms with E-state index < -0.39 is 0 Å². The Morgan fingerprint density at radius 3 is 1.43 bits per heavy atom. The van der Waals surface area contributed by atoms with Gasteiger partial charge in [-0.2, -0.15) is 0 Å². The van der Waals surface area contributed by atoms with Crippen molar-refractivity contribution in [2.24, 2.45) is 0 Å². The van der Waals surface area contributed by atoms with Crippen LogP contribution in [-0.2, 0) is 0 Å². The van der Waals surface area contributed by atoms with Crippen molar-refractivity contribution in [1.82, 2.24) is 24.1 Å². The van der Waals surface area contributed by atoms with Crippen LogP contribution in [0, 0.1) is 0 Å². The quantitative estimate of drug-likeness (QED) is 0.174. The Morgan fingerprint density at radius 2 is 0.820 bits per heavy atom. The lowest BCUT2D eigenvalue weighted by Crippen LogP contribution is -2.00. The lowest BCUT2D eigenvalue weighted by molar-refractivity contribution is 1.08. The Hall–Kier alpha value is -7.93. The highest BCUT2D eigenvalue weighted by atomic mass is 32.1. The topological polar surface area (TPSA) is 48.5 Å². The van der Waals surface area contributed by atoms with Gasteiger partial charge in [-0.05, 0) is 59.3 Å². The maximum Gasteiger partial charge on any atom is 0.164 e. The number of nitrogens with zero attached hydrogens (tertiary/aromatic N) is 5. The molecule has 4 heterocycles. The predicted molar refractivity (Wildman–Crippen MR) is 255 cm³/mol. The molecule has 0 atom stereocenters. The molecule has 4 aromatic heterocycles. The zero-order valence-corrected chi connectivity index (χ0v) is 33.5. The molecule has 0 saturated carbocycles. The largest absolute Gasteiger partial charge is 0.307 e. The number of fused-ring (bicyclic) bond motifs is 12. The number of para-hydroxylation sites is 3. The molecule has 0 fully saturated rings. The molecular weight excluding hydrogens is 763 g/mol. The zero-order valence-electron chi connectivity index (χ0n) is 32.7. The number of thiophene rings is 1. The highest BCUT2D eigenvalue weighted by molar-refractivity contribution is 7.26. The van der Waals surface area contributed by atoms with Gasteiger partial charge in [-0.15, -0.1) is 11.3 Å². The Labute approximate surface area is 354 Å². The van der Waals surface area contributed by atoms with Crippen LogP contribution in [0.2, 0.25) is 0 Å². The number of rotatable bonds is 5. The SMILES string of the molecule is c1ccc(-c2nc(-c3ccccc3)nc(-c3cc4sc5ccc(-n6c7ccccc7c7ccc8c9ccccc9n(-c9ccccc9)c8c76)cc5c4c4ccccc34)n2)cc1. The third-order valence-electron chi connectivity index (χ3n) is 12.1. The van der Waals surface area contributed by atoms with E-state index in [0.717, 1.165) is 33.5 Å². The number of hydrogen-bond acceptors (Lipinski definition) is 4. The summed E-state index contributed by atoms with van der Waals surface area (Å²) in [5.74, 6) is 1.97. The number of benzene rings is 9. The van der Waals surface area contributed by atoms with Gasteiger partial charge in [0.05, 0.1) is 22.1 Å². The fraction of sp³-hybridized carbons (Fsp3) is 0. The molecular formula is C55H33N5S. The average molecular weight is 796 g/mol. The third kappa shape index (κ3) is 5.16. The van der Waals surface area contributed by atoms with Crippen LogP contribution < -0.4 is 0 Å². The smallest absolute Gasteiger partial charge is 0.164 e. The van der Waals surface area contributed by atoms with Gasteiger partial charge >= 0.3 is 0 Å². The summed E-state index contributed by atoms with van der Waals surface area (Å²) < 4.78 is 7.36. The van der Waals surface area contributed by atoms with Gasteiger partial charge < -0.3 is 9.13 Å². The van der Waals surface area contributed by atoms with Crippen molar-refractivity contribution in [1.29, 1.82) is 0 Å². The van der Waals surface area contributed by atoms with E-state index in [1.165, 1.54) is 69.2 Å². The molecule has 0 unspecified atom stereocenters. The molecule has 13 rings (SSSR count). The highest BCUT2D eigenvalue weighted by Crippen LogP contribution is 2.45. The molecule has 0 aliphatic rings. The molecule has 0 amide bonds. The highest BCUT2D eigenvalue weighted by Gasteiger charge is 2.23. The van der Waals surface area contributed by atoms with Crippen molar-refractivity contribution in [3.8, 4) is 45.5 Å². The zero-order chi connectivity index (χ0) is 40.0. The second kappa shape index (κ2) is 13.3. The molecule has 0 N–H and O–H groups in total. The average Bonchev–Trinajstić information content (AvgIpc) is 3.99. The molecule has 5 nitrogen and oxygen atoms in total. The van der Waals surface area contributed by atoms with Crippen LogP contribution in [0.1, 0.15) is 0 Å². The van der Waals surface area contributed by atoms with E-state index in [1.54, 1.807) is 0 Å². The Bertz CT molecular complexity index is 3810. The summed E-state index contributed by atoms with van der Waals surface area (Å²) in [6.07, 6.45) is 0. The molecule has 9 aromatic carbocycles. The van der Waals surface area contributed by atoms with Gasteiger partial charge in [0.2, 0.25) is 0 Å². The van der Waals surface area contributed by atoms with E-state index in [4.69, 9.17) is 15.0 Å². The van der Waals surface area contributed by atoms with Crippen LogP contribution >= 0.6 is 11.3 Å². The van der Waals surface area contributed by atoms with Crippen molar-refractivity contribution in [3.63, 3.8) is 0 Å². The first-order valence-electron chi connectivity index (χ1n) is 20.5. The Kier molecular flexibility index (Phi) is 7.41. The summed E-state index contributed by atoms with van der Waals surface area (Å²) in [5.41, 5.74) is 9.94. The van der Waals surface area contributed by atoms with Gasteiger partial charge in [-0.25, -0.2) is 15.0 Å². The van der Waals surface area contributed by atoms with Crippen LogP contribution in [0.4, 0.5) is 0 Å². The van der Waals surface area contributed by atoms with E-state index >= 15 is 0 Å². The van der Waals surface area contributed by atoms with E-state index in [0.29, 0.717) is 17.5 Å². The summed E-state index contributed by atoms with van der Waals surface area (Å²) in [4.78, 5) is 15.3. The summed E-state index contributed by atoms with van der Waals surface area (Å²) in [6.45, 7) is 0. The fourth-order valence-corrected chi connectivity index (χ4v) is 10.6. The van der Waals surface area contributed by atoms with Crippen molar-refractivity contribution in [3.05, 3.63) is 200 Å². The molecule has 0 spiro atoms. The minimum absolute atomic E-state index is 0.654. The number of hydrogen-bond donors (Lipinski definition) is 0. The van der Waals surface area contributed by atoms with E-state index in [-0.39, 0.29) is 0 Å². The first-order valence-corrected chi connectivity index (χ1v) is 21.3. The maximum atomic E-state index is 5.16. The maximum absolute atomic E-state index is 5.16. The van der Waals surface area contributed by atoms with Gasteiger partial charge in [0.25, 0.3) is 0 Å². The molecule has 0 aliphatic carbocycles. The Morgan fingerprint density at radius 1 is 0.328 bits per heavy atom. The standard InChI is InChI=1S/C55H33N5S/c1-4-16-34(17-5-1)53-56-54(35-18-6-2-7-19-35)58-55(57-53)44-33-49-50(41-25-11-10-22-38(41)44)45-32-37(28-31-48(45)61-49)60-47-27-15-13-24-40(47)43-30-29-42-39-23-12-14-26-46(39)59(51(42)52(43)60)36-20-8-3-9-21-36/h1-33H. The van der Waals surface area contributed by atoms with Crippen LogP contribution in [0.3, 0.4) is 0 Å². The summed E-state index contributed by atoms with van der Waals surface area (Å²) in [7, 11) is 0. The lowest BCUT2D eigenvalue weighted by atomic mass is 9.98. The summed E-state index contributed by atoms with van der Waals surface area (Å²) in [5, 5.41) is 9.70. The fourth-order valence-electron chi connectivity index (χ4n) is 9.50. The Balaban J connectivity index is 1.08. The molecule has 0 saturated heterocycles. The van der Waals surface area contributed by atoms with Crippen molar-refractivity contribution in [2.75, 3.05) is 0 Å². The summed E-state index contributed by atoms with van der Waals surface area (Å²) >= 11 is 1.82. The molecule has 61 heavy (non-hydrogen) atoms. The van der Waals surface area contributed by atoms with E-state index in [2.05, 4.69) is 173 Å². The monoisotopic (exact) mass is 795 g/mol. The molecule has 13 aromatic rings. The molecule has 284 valence electrons. The minimum Gasteiger partial charge on any atom is -0.307 e. The second-order valence-corrected chi connectivity index (χ2v) is 16.6. The van der Waals surface area contributed by atoms with Gasteiger partial charge in [-0.1, -0.05) is 152 Å². The van der Waals surface area contributed by atoms with E-state index in [1.807, 2.05) is 47.7 Å². The van der Waals surface area contributed by atoms with Gasteiger partial charge in [-0.3, -0.25) is 0 Å². The third-order valence-corrected chi connectivity index (χ3v) is 13.3. The molecule has 0 radical (unpaired) electrons. The lowest BCUT2D eigenvalue weighted by Gasteiger charge is -2.13. The molecule has 0 bridgehead atoms. The van der Waals surface area contributed by atoms with Crippen LogP contribution in [0.5, 0.6) is 0 Å². The van der Waals surface area contributed by atoms with Gasteiger partial charge in [0.15, 0.2) is 17.5 Å². The first-order chi connectivity index (χ1) is 30.3. The van der Waals surface area contributed by atoms with Crippen molar-refractivity contribution in [2.45, 2.75) is 0 Å². The van der Waals surface area contributed by atoms with Crippen LogP contribution in [0.15, 0.2) is 200 Å². The first kappa shape index (κ1) is 34.0. The van der Waals surface area contributed by atoms with Gasteiger partial charge in [0, 0.05) is 69.8 Å². The molecule has 0 aliphatic heterocycles. The number of aromatic nitrogens is 5. The van der Waals surface area contributed by atoms with Crippen LogP contribution in [-0.4, -0.2) is 24.1 Å².